The summed E-state index contributed by atoms with van der Waals surface area (Å²) in [7, 11) is 0. The molecule has 0 aliphatic rings. The van der Waals surface area contributed by atoms with E-state index in [1.807, 2.05) is 38.1 Å². The Balaban J connectivity index is 3.08. The summed E-state index contributed by atoms with van der Waals surface area (Å²) in [5.74, 6) is 0. The largest absolute Gasteiger partial charge is 0.192 e. The van der Waals surface area contributed by atoms with Crippen molar-refractivity contribution in [1.82, 2.24) is 0 Å². The topological polar surface area (TPSA) is 47.6 Å². The van der Waals surface area contributed by atoms with E-state index in [4.69, 9.17) is 10.5 Å². The summed E-state index contributed by atoms with van der Waals surface area (Å²) in [5, 5.41) is 20.3. The maximum atomic E-state index is 9.11. The van der Waals surface area contributed by atoms with Gasteiger partial charge in [0.05, 0.1) is 11.1 Å². The van der Waals surface area contributed by atoms with Gasteiger partial charge < -0.3 is 0 Å². The Kier molecular flexibility index (Phi) is 2.35. The highest BCUT2D eigenvalue weighted by Gasteiger charge is 2.13. The van der Waals surface area contributed by atoms with Crippen LogP contribution < -0.4 is 0 Å². The van der Waals surface area contributed by atoms with Gasteiger partial charge in [0.2, 0.25) is 0 Å². The molecule has 0 aliphatic heterocycles. The smallest absolute Gasteiger partial charge is 0.101 e. The van der Waals surface area contributed by atoms with Crippen LogP contribution in [-0.4, -0.2) is 0 Å². The van der Waals surface area contributed by atoms with E-state index < -0.39 is 0 Å². The highest BCUT2D eigenvalue weighted by atomic mass is 14.3. The third kappa shape index (κ3) is 1.25. The van der Waals surface area contributed by atoms with Gasteiger partial charge in [-0.3, -0.25) is 0 Å². The first kappa shape index (κ1) is 10.2. The van der Waals surface area contributed by atoms with Gasteiger partial charge in [-0.15, -0.1) is 0 Å². The number of fused-ring (bicyclic) bond motifs is 1. The van der Waals surface area contributed by atoms with E-state index in [-0.39, 0.29) is 0 Å². The summed E-state index contributed by atoms with van der Waals surface area (Å²) in [5.41, 5.74) is 2.78. The fraction of sp³-hybridized carbons (Fsp3) is 0.143. The van der Waals surface area contributed by atoms with Crippen molar-refractivity contribution in [3.63, 3.8) is 0 Å². The minimum absolute atomic E-state index is 0.499. The zero-order chi connectivity index (χ0) is 11.7. The van der Waals surface area contributed by atoms with Crippen LogP contribution in [0.2, 0.25) is 0 Å². The molecule has 76 valence electrons. The Morgan fingerprint density at radius 3 is 1.50 bits per heavy atom. The van der Waals surface area contributed by atoms with Gasteiger partial charge in [0.25, 0.3) is 0 Å². The van der Waals surface area contributed by atoms with E-state index in [9.17, 15) is 0 Å². The van der Waals surface area contributed by atoms with Gasteiger partial charge in [0.1, 0.15) is 12.1 Å². The maximum Gasteiger partial charge on any atom is 0.101 e. The van der Waals surface area contributed by atoms with Crippen LogP contribution in [0.15, 0.2) is 24.3 Å². The van der Waals surface area contributed by atoms with E-state index in [0.29, 0.717) is 11.1 Å². The molecule has 2 heteroatoms. The SMILES string of the molecule is Cc1c(C#N)c(C#N)c(C)c2ccccc12. The first-order valence-electron chi connectivity index (χ1n) is 5.02. The van der Waals surface area contributed by atoms with Crippen LogP contribution in [-0.2, 0) is 0 Å². The Hall–Kier alpha value is -2.32. The van der Waals surface area contributed by atoms with Gasteiger partial charge in [0, 0.05) is 0 Å². The molecule has 0 saturated heterocycles. The Labute approximate surface area is 94.4 Å². The average molecular weight is 206 g/mol. The molecule has 0 saturated carbocycles. The molecule has 2 rings (SSSR count). The summed E-state index contributed by atoms with van der Waals surface area (Å²) in [6, 6.07) is 12.1. The van der Waals surface area contributed by atoms with Crippen LogP contribution in [0.25, 0.3) is 10.8 Å². The second-order valence-electron chi connectivity index (χ2n) is 3.77. The fourth-order valence-electron chi connectivity index (χ4n) is 2.06. The lowest BCUT2D eigenvalue weighted by Gasteiger charge is -2.10. The van der Waals surface area contributed by atoms with Crippen molar-refractivity contribution in [2.75, 3.05) is 0 Å². The monoisotopic (exact) mass is 206 g/mol. The van der Waals surface area contributed by atoms with Crippen molar-refractivity contribution in [2.45, 2.75) is 13.8 Å². The number of hydrogen-bond donors (Lipinski definition) is 0. The molecule has 16 heavy (non-hydrogen) atoms. The summed E-state index contributed by atoms with van der Waals surface area (Å²) < 4.78 is 0. The standard InChI is InChI=1S/C14H10N2/c1-9-11-5-3-4-6-12(11)10(2)14(8-16)13(9)7-15/h3-6H,1-2H3. The Morgan fingerprint density at radius 2 is 1.19 bits per heavy atom. The molecule has 0 heterocycles. The van der Waals surface area contributed by atoms with Gasteiger partial charge in [-0.1, -0.05) is 24.3 Å². The van der Waals surface area contributed by atoms with Gasteiger partial charge in [0.15, 0.2) is 0 Å². The molecule has 0 radical (unpaired) electrons. The van der Waals surface area contributed by atoms with Crippen molar-refractivity contribution in [3.8, 4) is 12.1 Å². The van der Waals surface area contributed by atoms with Gasteiger partial charge in [-0.25, -0.2) is 0 Å². The third-order valence-electron chi connectivity index (χ3n) is 2.96. The minimum atomic E-state index is 0.499. The van der Waals surface area contributed by atoms with Crippen molar-refractivity contribution in [2.24, 2.45) is 0 Å². The second kappa shape index (κ2) is 3.68. The number of aryl methyl sites for hydroxylation is 2. The van der Waals surface area contributed by atoms with Crippen LogP contribution in [0.3, 0.4) is 0 Å². The number of nitriles is 2. The van der Waals surface area contributed by atoms with E-state index in [1.54, 1.807) is 0 Å². The molecule has 0 aliphatic carbocycles. The van der Waals surface area contributed by atoms with E-state index in [0.717, 1.165) is 21.9 Å². The van der Waals surface area contributed by atoms with Gasteiger partial charge >= 0.3 is 0 Å². The third-order valence-corrected chi connectivity index (χ3v) is 2.96. The lowest BCUT2D eigenvalue weighted by atomic mass is 9.91. The molecule has 0 amide bonds. The Bertz CT molecular complexity index is 596. The van der Waals surface area contributed by atoms with Crippen molar-refractivity contribution >= 4 is 10.8 Å². The average Bonchev–Trinajstić information content (AvgIpc) is 2.33. The van der Waals surface area contributed by atoms with Crippen LogP contribution in [0, 0.1) is 36.5 Å². The summed E-state index contributed by atoms with van der Waals surface area (Å²) >= 11 is 0. The molecular weight excluding hydrogens is 196 g/mol. The molecule has 0 atom stereocenters. The minimum Gasteiger partial charge on any atom is -0.192 e. The normalized spacial score (nSPS) is 9.75. The first-order chi connectivity index (χ1) is 7.70. The molecule has 0 N–H and O–H groups in total. The molecule has 2 nitrogen and oxygen atoms in total. The number of hydrogen-bond acceptors (Lipinski definition) is 2. The lowest BCUT2D eigenvalue weighted by molar-refractivity contribution is 1.34. The van der Waals surface area contributed by atoms with Crippen molar-refractivity contribution in [3.05, 3.63) is 46.5 Å². The predicted molar refractivity (Wildman–Crippen MR) is 62.9 cm³/mol. The molecule has 0 aromatic heterocycles. The van der Waals surface area contributed by atoms with E-state index in [1.165, 1.54) is 0 Å². The quantitative estimate of drug-likeness (QED) is 0.664. The van der Waals surface area contributed by atoms with Crippen molar-refractivity contribution < 1.29 is 0 Å². The summed E-state index contributed by atoms with van der Waals surface area (Å²) in [4.78, 5) is 0. The molecule has 0 spiro atoms. The summed E-state index contributed by atoms with van der Waals surface area (Å²) in [6.45, 7) is 3.78. The van der Waals surface area contributed by atoms with E-state index in [2.05, 4.69) is 12.1 Å². The van der Waals surface area contributed by atoms with Crippen LogP contribution in [0.1, 0.15) is 22.3 Å². The molecule has 0 fully saturated rings. The Morgan fingerprint density at radius 1 is 0.812 bits per heavy atom. The molecule has 0 bridgehead atoms. The van der Waals surface area contributed by atoms with E-state index >= 15 is 0 Å². The lowest BCUT2D eigenvalue weighted by Crippen LogP contribution is -1.95. The zero-order valence-electron chi connectivity index (χ0n) is 9.20. The van der Waals surface area contributed by atoms with Crippen molar-refractivity contribution in [1.29, 1.82) is 10.5 Å². The van der Waals surface area contributed by atoms with Crippen LogP contribution >= 0.6 is 0 Å². The number of nitrogens with zero attached hydrogens (tertiary/aromatic N) is 2. The number of benzene rings is 2. The van der Waals surface area contributed by atoms with Gasteiger partial charge in [-0.05, 0) is 35.7 Å². The molecule has 2 aromatic rings. The second-order valence-corrected chi connectivity index (χ2v) is 3.77. The highest BCUT2D eigenvalue weighted by molar-refractivity contribution is 5.92. The van der Waals surface area contributed by atoms with Crippen LogP contribution in [0.4, 0.5) is 0 Å². The summed E-state index contributed by atoms with van der Waals surface area (Å²) in [6.07, 6.45) is 0. The fourth-order valence-corrected chi connectivity index (χ4v) is 2.06. The first-order valence-corrected chi connectivity index (χ1v) is 5.02. The number of rotatable bonds is 0. The predicted octanol–water partition coefficient (Wildman–Crippen LogP) is 3.20. The van der Waals surface area contributed by atoms with Gasteiger partial charge in [-0.2, -0.15) is 10.5 Å². The maximum absolute atomic E-state index is 9.11. The molecule has 2 aromatic carbocycles. The molecule has 0 unspecified atom stereocenters. The zero-order valence-corrected chi connectivity index (χ0v) is 9.20. The van der Waals surface area contributed by atoms with Crippen LogP contribution in [0.5, 0.6) is 0 Å². The highest BCUT2D eigenvalue weighted by Crippen LogP contribution is 2.28. The molecular formula is C14H10N2.